The molecule has 0 aromatic heterocycles. The van der Waals surface area contributed by atoms with E-state index in [1.54, 1.807) is 48.5 Å². The van der Waals surface area contributed by atoms with E-state index in [1.165, 1.54) is 29.3 Å². The highest BCUT2D eigenvalue weighted by atomic mass is 127. The van der Waals surface area contributed by atoms with Crippen molar-refractivity contribution >= 4 is 57.8 Å². The number of para-hydroxylation sites is 2. The monoisotopic (exact) mass is 557 g/mol. The Morgan fingerprint density at radius 1 is 1.06 bits per heavy atom. The minimum atomic E-state index is -0.533. The predicted molar refractivity (Wildman–Crippen MR) is 130 cm³/mol. The van der Waals surface area contributed by atoms with Gasteiger partial charge >= 0.3 is 0 Å². The molecule has 2 N–H and O–H groups in total. The summed E-state index contributed by atoms with van der Waals surface area (Å²) in [6.07, 6.45) is 1.50. The van der Waals surface area contributed by atoms with Crippen LogP contribution in [-0.2, 0) is 14.4 Å². The average Bonchev–Trinajstić information content (AvgIpc) is 3.09. The summed E-state index contributed by atoms with van der Waals surface area (Å²) in [6.45, 7) is -0.308. The minimum Gasteiger partial charge on any atom is -0.483 e. The second-order valence-corrected chi connectivity index (χ2v) is 8.14. The molecule has 33 heavy (non-hydrogen) atoms. The van der Waals surface area contributed by atoms with Crippen molar-refractivity contribution in [3.05, 3.63) is 93.3 Å². The van der Waals surface area contributed by atoms with E-state index >= 15 is 0 Å². The van der Waals surface area contributed by atoms with Gasteiger partial charge in [0.05, 0.1) is 14.9 Å². The van der Waals surface area contributed by atoms with Crippen molar-refractivity contribution < 1.29 is 23.5 Å². The van der Waals surface area contributed by atoms with Gasteiger partial charge in [-0.25, -0.2) is 9.40 Å². The molecule has 0 radical (unpaired) electrons. The molecule has 3 aromatic carbocycles. The molecule has 0 aliphatic carbocycles. The zero-order chi connectivity index (χ0) is 23.4. The second-order valence-electron chi connectivity index (χ2n) is 6.98. The van der Waals surface area contributed by atoms with Gasteiger partial charge in [0.1, 0.15) is 17.1 Å². The van der Waals surface area contributed by atoms with Crippen LogP contribution in [0.2, 0.25) is 0 Å². The van der Waals surface area contributed by atoms with E-state index in [9.17, 15) is 18.8 Å². The van der Waals surface area contributed by atoms with Gasteiger partial charge in [0, 0.05) is 0 Å². The smallest absolute Gasteiger partial charge is 0.282 e. The van der Waals surface area contributed by atoms with E-state index in [0.717, 1.165) is 0 Å². The SMILES string of the molecule is O=C(COc1ccc(/C=C2/C(=O)NN(c3ccccc3)C2=O)cc1I)Nc1ccccc1F. The lowest BCUT2D eigenvalue weighted by Gasteiger charge is -2.13. The largest absolute Gasteiger partial charge is 0.483 e. The summed E-state index contributed by atoms with van der Waals surface area (Å²) < 4.78 is 19.9. The lowest BCUT2D eigenvalue weighted by atomic mass is 10.1. The Morgan fingerprint density at radius 3 is 2.52 bits per heavy atom. The van der Waals surface area contributed by atoms with E-state index < -0.39 is 23.5 Å². The summed E-state index contributed by atoms with van der Waals surface area (Å²) in [7, 11) is 0. The molecular weight excluding hydrogens is 540 g/mol. The normalized spacial score (nSPS) is 14.4. The van der Waals surface area contributed by atoms with E-state index in [1.807, 2.05) is 28.7 Å². The van der Waals surface area contributed by atoms with Crippen LogP contribution in [0.15, 0.2) is 78.4 Å². The van der Waals surface area contributed by atoms with Crippen LogP contribution in [0.3, 0.4) is 0 Å². The molecule has 1 fully saturated rings. The molecule has 0 spiro atoms. The van der Waals surface area contributed by atoms with E-state index in [4.69, 9.17) is 4.74 Å². The van der Waals surface area contributed by atoms with Gasteiger partial charge in [-0.1, -0.05) is 36.4 Å². The molecule has 1 aliphatic rings. The summed E-state index contributed by atoms with van der Waals surface area (Å²) >= 11 is 2.03. The van der Waals surface area contributed by atoms with Crippen LogP contribution in [0.25, 0.3) is 6.08 Å². The number of hydrazine groups is 1. The van der Waals surface area contributed by atoms with Gasteiger partial charge in [0.2, 0.25) is 0 Å². The number of hydrogen-bond donors (Lipinski definition) is 2. The van der Waals surface area contributed by atoms with Crippen LogP contribution in [0.4, 0.5) is 15.8 Å². The van der Waals surface area contributed by atoms with Gasteiger partial charge in [-0.05, 0) is 70.6 Å². The van der Waals surface area contributed by atoms with Crippen molar-refractivity contribution in [1.82, 2.24) is 5.43 Å². The van der Waals surface area contributed by atoms with Gasteiger partial charge in [0.15, 0.2) is 6.61 Å². The Labute approximate surface area is 202 Å². The first-order chi connectivity index (χ1) is 15.9. The van der Waals surface area contributed by atoms with E-state index in [-0.39, 0.29) is 17.9 Å². The number of anilines is 2. The Morgan fingerprint density at radius 2 is 1.79 bits per heavy atom. The molecule has 7 nitrogen and oxygen atoms in total. The highest BCUT2D eigenvalue weighted by Gasteiger charge is 2.34. The first-order valence-corrected chi connectivity index (χ1v) is 10.9. The molecule has 3 amide bonds. The zero-order valence-electron chi connectivity index (χ0n) is 17.0. The average molecular weight is 557 g/mol. The molecule has 0 bridgehead atoms. The van der Waals surface area contributed by atoms with Crippen molar-refractivity contribution in [2.24, 2.45) is 0 Å². The predicted octanol–water partition coefficient (Wildman–Crippen LogP) is 3.91. The van der Waals surface area contributed by atoms with Crippen molar-refractivity contribution in [3.63, 3.8) is 0 Å². The van der Waals surface area contributed by atoms with Crippen molar-refractivity contribution in [2.45, 2.75) is 0 Å². The maximum atomic E-state index is 13.6. The lowest BCUT2D eigenvalue weighted by Crippen LogP contribution is -2.35. The molecule has 0 atom stereocenters. The number of ether oxygens (including phenoxy) is 1. The molecule has 166 valence electrons. The van der Waals surface area contributed by atoms with Gasteiger partial charge in [-0.3, -0.25) is 19.8 Å². The van der Waals surface area contributed by atoms with Crippen LogP contribution in [0, 0.1) is 9.39 Å². The Kier molecular flexibility index (Phi) is 6.68. The van der Waals surface area contributed by atoms with Gasteiger partial charge < -0.3 is 10.1 Å². The highest BCUT2D eigenvalue weighted by molar-refractivity contribution is 14.1. The Balaban J connectivity index is 1.43. The molecule has 1 aliphatic heterocycles. The summed E-state index contributed by atoms with van der Waals surface area (Å²) in [6, 6.07) is 19.7. The molecule has 0 unspecified atom stereocenters. The van der Waals surface area contributed by atoms with E-state index in [0.29, 0.717) is 20.6 Å². The Bertz CT molecular complexity index is 1260. The fraction of sp³-hybridized carbons (Fsp3) is 0.0417. The zero-order valence-corrected chi connectivity index (χ0v) is 19.2. The van der Waals surface area contributed by atoms with E-state index in [2.05, 4.69) is 10.7 Å². The summed E-state index contributed by atoms with van der Waals surface area (Å²) in [4.78, 5) is 37.1. The first kappa shape index (κ1) is 22.5. The van der Waals surface area contributed by atoms with Crippen LogP contribution in [0.1, 0.15) is 5.56 Å². The number of nitrogens with one attached hydrogen (secondary N) is 2. The van der Waals surface area contributed by atoms with Gasteiger partial charge in [-0.15, -0.1) is 0 Å². The maximum absolute atomic E-state index is 13.6. The molecule has 4 rings (SSSR count). The summed E-state index contributed by atoms with van der Waals surface area (Å²) in [5.41, 5.74) is 3.82. The topological polar surface area (TPSA) is 87.7 Å². The quantitative estimate of drug-likeness (QED) is 0.274. The number of nitrogens with zero attached hydrogens (tertiary/aromatic N) is 1. The standard InChI is InChI=1S/C24H17FIN3O4/c25-18-8-4-5-9-20(18)27-22(30)14-33-21-11-10-15(13-19(21)26)12-17-23(31)28-29(24(17)32)16-6-2-1-3-7-16/h1-13H,14H2,(H,27,30)(H,28,31)/b17-12-. The van der Waals surface area contributed by atoms with Gasteiger partial charge in [-0.2, -0.15) is 0 Å². The van der Waals surface area contributed by atoms with Crippen LogP contribution >= 0.6 is 22.6 Å². The lowest BCUT2D eigenvalue weighted by molar-refractivity contribution is -0.118. The number of rotatable bonds is 6. The third-order valence-electron chi connectivity index (χ3n) is 4.68. The summed E-state index contributed by atoms with van der Waals surface area (Å²) in [5.74, 6) is -1.55. The van der Waals surface area contributed by atoms with Crippen LogP contribution < -0.4 is 20.5 Å². The molecule has 9 heteroatoms. The maximum Gasteiger partial charge on any atom is 0.282 e. The number of carbonyl (C=O) groups is 3. The van der Waals surface area contributed by atoms with Crippen LogP contribution in [0.5, 0.6) is 5.75 Å². The van der Waals surface area contributed by atoms with Crippen molar-refractivity contribution in [3.8, 4) is 5.75 Å². The highest BCUT2D eigenvalue weighted by Crippen LogP contribution is 2.25. The third kappa shape index (κ3) is 5.20. The van der Waals surface area contributed by atoms with Crippen LogP contribution in [-0.4, -0.2) is 24.3 Å². The molecule has 1 saturated heterocycles. The Hall–Kier alpha value is -3.73. The molecule has 0 saturated carbocycles. The molecule has 3 aromatic rings. The number of benzene rings is 3. The second kappa shape index (κ2) is 9.82. The minimum absolute atomic E-state index is 0.00702. The fourth-order valence-electron chi connectivity index (χ4n) is 3.10. The van der Waals surface area contributed by atoms with Crippen molar-refractivity contribution in [2.75, 3.05) is 16.9 Å². The molecular formula is C24H17FIN3O4. The number of hydrogen-bond acceptors (Lipinski definition) is 4. The summed E-state index contributed by atoms with van der Waals surface area (Å²) in [5, 5.41) is 3.65. The number of halogens is 2. The third-order valence-corrected chi connectivity index (χ3v) is 5.52. The van der Waals surface area contributed by atoms with Crippen molar-refractivity contribution in [1.29, 1.82) is 0 Å². The number of carbonyl (C=O) groups excluding carboxylic acids is 3. The number of amides is 3. The van der Waals surface area contributed by atoms with Gasteiger partial charge in [0.25, 0.3) is 17.7 Å². The molecule has 1 heterocycles. The fourth-order valence-corrected chi connectivity index (χ4v) is 3.79. The first-order valence-electron chi connectivity index (χ1n) is 9.81.